The van der Waals surface area contributed by atoms with E-state index in [1.165, 1.54) is 36.4 Å². The second-order valence-corrected chi connectivity index (χ2v) is 9.81. The number of hydrogen-bond donors (Lipinski definition) is 1. The molecular weight excluding hydrogens is 420 g/mol. The summed E-state index contributed by atoms with van der Waals surface area (Å²) in [5, 5.41) is 9.07. The molecule has 7 nitrogen and oxygen atoms in total. The van der Waals surface area contributed by atoms with Crippen molar-refractivity contribution in [3.8, 4) is 27.7 Å². The van der Waals surface area contributed by atoms with Gasteiger partial charge in [-0.15, -0.1) is 11.3 Å². The van der Waals surface area contributed by atoms with Crippen molar-refractivity contribution in [3.63, 3.8) is 0 Å². The minimum Gasteiger partial charge on any atom is -0.493 e. The molecule has 0 aliphatic carbocycles. The number of thiazole rings is 1. The van der Waals surface area contributed by atoms with Gasteiger partial charge < -0.3 is 14.0 Å². The van der Waals surface area contributed by atoms with E-state index in [0.29, 0.717) is 11.8 Å². The number of H-pyrrole nitrogens is 1. The van der Waals surface area contributed by atoms with E-state index in [0.717, 1.165) is 39.9 Å². The first kappa shape index (κ1) is 21.2. The predicted molar refractivity (Wildman–Crippen MR) is 129 cm³/mol. The maximum atomic E-state index is 5.59. The van der Waals surface area contributed by atoms with Gasteiger partial charge >= 0.3 is 0 Å². The predicted octanol–water partition coefficient (Wildman–Crippen LogP) is 5.18. The molecule has 0 unspecified atom stereocenters. The van der Waals surface area contributed by atoms with Crippen LogP contribution in [0.3, 0.4) is 0 Å². The van der Waals surface area contributed by atoms with Crippen LogP contribution in [0.4, 0.5) is 0 Å². The highest BCUT2D eigenvalue weighted by molar-refractivity contribution is 7.15. The lowest BCUT2D eigenvalue weighted by Gasteiger charge is -2.30. The van der Waals surface area contributed by atoms with Gasteiger partial charge in [-0.05, 0) is 50.4 Å². The number of methoxy groups -OCH3 is 1. The summed E-state index contributed by atoms with van der Waals surface area (Å²) in [6.45, 7) is 10.2. The van der Waals surface area contributed by atoms with Crippen molar-refractivity contribution in [1.82, 2.24) is 29.5 Å². The fraction of sp³-hybridized carbons (Fsp3) is 0.458. The first-order chi connectivity index (χ1) is 15.6. The number of piperidine rings is 1. The largest absolute Gasteiger partial charge is 0.493 e. The highest BCUT2D eigenvalue weighted by Crippen LogP contribution is 2.40. The van der Waals surface area contributed by atoms with Crippen LogP contribution in [0.5, 0.6) is 5.75 Å². The molecule has 4 aromatic rings. The molecule has 0 atom stereocenters. The zero-order valence-corrected chi connectivity index (χ0v) is 19.9. The molecule has 1 saturated heterocycles. The number of nitrogens with one attached hydrogen (secondary N) is 1. The normalized spacial score (nSPS) is 15.8. The second-order valence-electron chi connectivity index (χ2n) is 8.75. The van der Waals surface area contributed by atoms with Crippen molar-refractivity contribution in [1.29, 1.82) is 0 Å². The summed E-state index contributed by atoms with van der Waals surface area (Å²) in [5.74, 6) is 1.65. The van der Waals surface area contributed by atoms with E-state index in [9.17, 15) is 0 Å². The molecule has 1 aliphatic heterocycles. The fourth-order valence-electron chi connectivity index (χ4n) is 4.70. The zero-order chi connectivity index (χ0) is 22.2. The number of pyridine rings is 1. The van der Waals surface area contributed by atoms with Crippen LogP contribution in [0.2, 0.25) is 0 Å². The van der Waals surface area contributed by atoms with E-state index in [1.54, 1.807) is 13.3 Å². The van der Waals surface area contributed by atoms with Gasteiger partial charge in [0.25, 0.3) is 0 Å². The Balaban J connectivity index is 1.50. The van der Waals surface area contributed by atoms with Gasteiger partial charge in [-0.2, -0.15) is 5.10 Å². The second kappa shape index (κ2) is 8.67. The Morgan fingerprint density at radius 2 is 2.06 bits per heavy atom. The maximum Gasteiger partial charge on any atom is 0.179 e. The van der Waals surface area contributed by atoms with Crippen LogP contribution in [0.25, 0.3) is 27.6 Å². The number of aromatic amines is 1. The zero-order valence-electron chi connectivity index (χ0n) is 19.1. The summed E-state index contributed by atoms with van der Waals surface area (Å²) in [5.41, 5.74) is 4.96. The molecule has 4 aromatic heterocycles. The molecule has 0 spiro atoms. The SMILES string of the molecule is CCN1CCC(c2cnc(-c3[nH]nc(-c4cc(OC)c5nccn5c4)c3C(C)C)s2)CC1. The molecule has 8 heteroatoms. The number of hydrogen-bond acceptors (Lipinski definition) is 6. The van der Waals surface area contributed by atoms with Crippen molar-refractivity contribution in [3.05, 3.63) is 41.3 Å². The third kappa shape index (κ3) is 3.71. The number of likely N-dealkylation sites (tertiary alicyclic amines) is 1. The van der Waals surface area contributed by atoms with Gasteiger partial charge in [0, 0.05) is 40.8 Å². The van der Waals surface area contributed by atoms with Gasteiger partial charge in [0.05, 0.1) is 18.5 Å². The number of imidazole rings is 1. The number of nitrogens with zero attached hydrogens (tertiary/aromatic N) is 5. The van der Waals surface area contributed by atoms with Crippen molar-refractivity contribution >= 4 is 17.0 Å². The highest BCUT2D eigenvalue weighted by atomic mass is 32.1. The van der Waals surface area contributed by atoms with E-state index in [1.807, 2.05) is 28.0 Å². The van der Waals surface area contributed by atoms with E-state index in [4.69, 9.17) is 14.8 Å². The Morgan fingerprint density at radius 3 is 2.78 bits per heavy atom. The van der Waals surface area contributed by atoms with Crippen LogP contribution in [-0.2, 0) is 0 Å². The summed E-state index contributed by atoms with van der Waals surface area (Å²) in [4.78, 5) is 13.1. The summed E-state index contributed by atoms with van der Waals surface area (Å²) >= 11 is 1.81. The molecule has 1 N–H and O–H groups in total. The molecule has 5 heterocycles. The van der Waals surface area contributed by atoms with Crippen LogP contribution in [0, 0.1) is 0 Å². The van der Waals surface area contributed by atoms with E-state index in [-0.39, 0.29) is 0 Å². The van der Waals surface area contributed by atoms with Gasteiger partial charge in [-0.25, -0.2) is 9.97 Å². The molecule has 0 radical (unpaired) electrons. The number of ether oxygens (including phenoxy) is 1. The monoisotopic (exact) mass is 450 g/mol. The van der Waals surface area contributed by atoms with Gasteiger partial charge in [-0.1, -0.05) is 20.8 Å². The Bertz CT molecular complexity index is 1210. The lowest BCUT2D eigenvalue weighted by molar-refractivity contribution is 0.223. The summed E-state index contributed by atoms with van der Waals surface area (Å²) in [6, 6.07) is 2.02. The van der Waals surface area contributed by atoms with E-state index < -0.39 is 0 Å². The third-order valence-electron chi connectivity index (χ3n) is 6.50. The fourth-order valence-corrected chi connectivity index (χ4v) is 5.80. The quantitative estimate of drug-likeness (QED) is 0.438. The van der Waals surface area contributed by atoms with Crippen molar-refractivity contribution in [2.24, 2.45) is 0 Å². The van der Waals surface area contributed by atoms with Crippen molar-refractivity contribution in [2.75, 3.05) is 26.7 Å². The van der Waals surface area contributed by atoms with Crippen molar-refractivity contribution < 1.29 is 4.74 Å². The summed E-state index contributed by atoms with van der Waals surface area (Å²) in [7, 11) is 1.68. The van der Waals surface area contributed by atoms with Crippen LogP contribution in [-0.4, -0.2) is 56.2 Å². The standard InChI is InChI=1S/C24H30N6OS/c1-5-29-9-6-16(7-10-29)19-13-26-24(32-19)22-20(15(2)3)21(27-28-22)17-12-18(31-4)23-25-8-11-30(23)14-17/h8,11-16H,5-7,9-10H2,1-4H3,(H,27,28). The lowest BCUT2D eigenvalue weighted by Crippen LogP contribution is -2.32. The smallest absolute Gasteiger partial charge is 0.179 e. The van der Waals surface area contributed by atoms with Gasteiger partial charge in [0.15, 0.2) is 11.4 Å². The Hall–Kier alpha value is -2.71. The molecule has 1 fully saturated rings. The maximum absolute atomic E-state index is 5.59. The van der Waals surface area contributed by atoms with E-state index in [2.05, 4.69) is 48.1 Å². The minimum absolute atomic E-state index is 0.295. The molecule has 5 rings (SSSR count). The molecular formula is C24H30N6OS. The lowest BCUT2D eigenvalue weighted by atomic mass is 9.96. The highest BCUT2D eigenvalue weighted by Gasteiger charge is 2.25. The van der Waals surface area contributed by atoms with Gasteiger partial charge in [0.1, 0.15) is 5.01 Å². The average Bonchev–Trinajstić information content (AvgIpc) is 3.57. The molecule has 0 amide bonds. The number of aromatic nitrogens is 5. The van der Waals surface area contributed by atoms with Crippen LogP contribution < -0.4 is 4.74 Å². The Labute approximate surface area is 192 Å². The molecule has 168 valence electrons. The Morgan fingerprint density at radius 1 is 1.25 bits per heavy atom. The van der Waals surface area contributed by atoms with E-state index >= 15 is 0 Å². The first-order valence-electron chi connectivity index (χ1n) is 11.4. The molecule has 1 aliphatic rings. The van der Waals surface area contributed by atoms with Gasteiger partial charge in [0.2, 0.25) is 0 Å². The summed E-state index contributed by atoms with van der Waals surface area (Å²) < 4.78 is 7.57. The first-order valence-corrected chi connectivity index (χ1v) is 12.2. The topological polar surface area (TPSA) is 71.3 Å². The molecule has 0 bridgehead atoms. The van der Waals surface area contributed by atoms with Crippen LogP contribution in [0.1, 0.15) is 55.9 Å². The van der Waals surface area contributed by atoms with Crippen LogP contribution in [0.15, 0.2) is 30.9 Å². The molecule has 0 saturated carbocycles. The number of rotatable bonds is 6. The summed E-state index contributed by atoms with van der Waals surface area (Å²) in [6.07, 6.45) is 10.3. The van der Waals surface area contributed by atoms with Crippen molar-refractivity contribution in [2.45, 2.75) is 45.4 Å². The number of fused-ring (bicyclic) bond motifs is 1. The molecule has 32 heavy (non-hydrogen) atoms. The molecule has 0 aromatic carbocycles. The Kier molecular flexibility index (Phi) is 5.73. The van der Waals surface area contributed by atoms with Gasteiger partial charge in [-0.3, -0.25) is 5.10 Å². The third-order valence-corrected chi connectivity index (χ3v) is 7.68. The average molecular weight is 451 g/mol. The minimum atomic E-state index is 0.295. The van der Waals surface area contributed by atoms with Crippen LogP contribution >= 0.6 is 11.3 Å².